The monoisotopic (exact) mass is 474 g/mol. The van der Waals surface area contributed by atoms with E-state index in [0.717, 1.165) is 33.4 Å². The first-order valence-corrected chi connectivity index (χ1v) is 12.1. The van der Waals surface area contributed by atoms with Crippen LogP contribution < -0.4 is 0 Å². The minimum absolute atomic E-state index is 0.0349. The third-order valence-electron chi connectivity index (χ3n) is 4.07. The molecule has 1 aromatic carbocycles. The van der Waals surface area contributed by atoms with Crippen LogP contribution in [0.4, 0.5) is 13.2 Å². The smallest absolute Gasteiger partial charge is 0.299 e. The number of nitrogens with zero attached hydrogens (tertiary/aromatic N) is 2. The largest absolute Gasteiger partial charge is 0.403 e. The van der Waals surface area contributed by atoms with Crippen LogP contribution in [-0.2, 0) is 27.5 Å². The lowest BCUT2D eigenvalue weighted by Crippen LogP contribution is -2.22. The summed E-state index contributed by atoms with van der Waals surface area (Å²) in [4.78, 5) is 21.8. The number of halogens is 3. The Kier molecular flexibility index (Phi) is 6.44. The molecular formula is C19H17F3N2O3S3. The molecule has 3 rings (SSSR count). The Morgan fingerprint density at radius 2 is 1.73 bits per heavy atom. The van der Waals surface area contributed by atoms with Crippen molar-refractivity contribution < 1.29 is 26.4 Å². The van der Waals surface area contributed by atoms with Crippen LogP contribution >= 0.6 is 22.7 Å². The first-order valence-electron chi connectivity index (χ1n) is 8.72. The summed E-state index contributed by atoms with van der Waals surface area (Å²) in [7, 11) is -4.46. The summed E-state index contributed by atoms with van der Waals surface area (Å²) < 4.78 is 60.7. The van der Waals surface area contributed by atoms with E-state index < -0.39 is 26.7 Å². The van der Waals surface area contributed by atoms with Gasteiger partial charge in [0, 0.05) is 11.8 Å². The van der Waals surface area contributed by atoms with Crippen molar-refractivity contribution in [2.45, 2.75) is 37.8 Å². The van der Waals surface area contributed by atoms with Gasteiger partial charge < -0.3 is 0 Å². The molecule has 0 amide bonds. The Morgan fingerprint density at radius 3 is 2.30 bits per heavy atom. The minimum Gasteiger partial charge on any atom is -0.299 e. The van der Waals surface area contributed by atoms with Gasteiger partial charge in [-0.3, -0.25) is 4.79 Å². The van der Waals surface area contributed by atoms with Gasteiger partial charge in [-0.2, -0.15) is 13.2 Å². The standard InChI is InChI=1S/C19H17F3N2O3S3/c1-11-18(29-12(2)23-11)16-9-28-17(24-16)8-14(25)7-13-3-5-15(6-4-13)30(26,27)10-19(20,21)22/h3-6,9H,7-8,10H2,1-2H3. The number of hydrogen-bond donors (Lipinski definition) is 0. The van der Waals surface area contributed by atoms with Crippen molar-refractivity contribution >= 4 is 38.3 Å². The maximum atomic E-state index is 12.4. The zero-order valence-electron chi connectivity index (χ0n) is 16.0. The Labute approximate surface area is 179 Å². The summed E-state index contributed by atoms with van der Waals surface area (Å²) in [6, 6.07) is 4.91. The number of aromatic nitrogens is 2. The first-order chi connectivity index (χ1) is 13.9. The number of ketones is 1. The molecule has 2 heterocycles. The number of aryl methyl sites for hydroxylation is 2. The highest BCUT2D eigenvalue weighted by atomic mass is 32.2. The number of Topliss-reactive ketones (excluding diaryl/α,β-unsaturated/α-hetero) is 1. The molecule has 0 atom stereocenters. The van der Waals surface area contributed by atoms with Crippen molar-refractivity contribution in [3.8, 4) is 10.6 Å². The predicted molar refractivity (Wildman–Crippen MR) is 110 cm³/mol. The van der Waals surface area contributed by atoms with Crippen molar-refractivity contribution in [2.24, 2.45) is 0 Å². The van der Waals surface area contributed by atoms with Gasteiger partial charge in [-0.25, -0.2) is 18.4 Å². The molecule has 0 fully saturated rings. The van der Waals surface area contributed by atoms with Crippen molar-refractivity contribution in [3.05, 3.63) is 50.9 Å². The summed E-state index contributed by atoms with van der Waals surface area (Å²) in [5.41, 5.74) is 2.20. The van der Waals surface area contributed by atoms with E-state index in [0.29, 0.717) is 10.6 Å². The van der Waals surface area contributed by atoms with E-state index in [-0.39, 0.29) is 18.6 Å². The second kappa shape index (κ2) is 8.56. The third-order valence-corrected chi connectivity index (χ3v) is 7.72. The highest BCUT2D eigenvalue weighted by Crippen LogP contribution is 2.30. The second-order valence-corrected chi connectivity index (χ2v) is 10.8. The molecule has 30 heavy (non-hydrogen) atoms. The molecule has 0 bridgehead atoms. The fraction of sp³-hybridized carbons (Fsp3) is 0.316. The van der Waals surface area contributed by atoms with E-state index in [9.17, 15) is 26.4 Å². The molecule has 0 aliphatic carbocycles. The molecule has 0 aliphatic rings. The van der Waals surface area contributed by atoms with Gasteiger partial charge in [0.25, 0.3) is 0 Å². The topological polar surface area (TPSA) is 77.0 Å². The minimum atomic E-state index is -4.81. The van der Waals surface area contributed by atoms with Crippen LogP contribution in [0.25, 0.3) is 10.6 Å². The number of benzene rings is 1. The number of thiazole rings is 2. The Balaban J connectivity index is 1.64. The summed E-state index contributed by atoms with van der Waals surface area (Å²) in [6.45, 7) is 3.82. The third kappa shape index (κ3) is 5.73. The highest BCUT2D eigenvalue weighted by molar-refractivity contribution is 7.91. The zero-order chi connectivity index (χ0) is 22.1. The van der Waals surface area contributed by atoms with Gasteiger partial charge in [0.15, 0.2) is 15.6 Å². The normalized spacial score (nSPS) is 12.3. The van der Waals surface area contributed by atoms with Crippen molar-refractivity contribution in [3.63, 3.8) is 0 Å². The van der Waals surface area contributed by atoms with E-state index in [1.54, 1.807) is 0 Å². The summed E-state index contributed by atoms with van der Waals surface area (Å²) in [6.07, 6.45) is -4.65. The molecule has 2 aromatic heterocycles. The van der Waals surface area contributed by atoms with E-state index in [4.69, 9.17) is 0 Å². The molecule has 0 N–H and O–H groups in total. The van der Waals surface area contributed by atoms with Gasteiger partial charge in [-0.15, -0.1) is 22.7 Å². The van der Waals surface area contributed by atoms with Gasteiger partial charge in [-0.1, -0.05) is 12.1 Å². The number of hydrogen-bond acceptors (Lipinski definition) is 7. The molecule has 0 saturated heterocycles. The van der Waals surface area contributed by atoms with E-state index in [2.05, 4.69) is 9.97 Å². The molecule has 0 spiro atoms. The quantitative estimate of drug-likeness (QED) is 0.501. The summed E-state index contributed by atoms with van der Waals surface area (Å²) in [5.74, 6) is -2.04. The van der Waals surface area contributed by atoms with Gasteiger partial charge in [0.2, 0.25) is 0 Å². The number of sulfone groups is 1. The molecule has 0 saturated carbocycles. The number of rotatable bonds is 7. The lowest BCUT2D eigenvalue weighted by Gasteiger charge is -2.08. The first kappa shape index (κ1) is 22.6. The molecule has 0 aliphatic heterocycles. The average Bonchev–Trinajstić information content (AvgIpc) is 3.18. The van der Waals surface area contributed by atoms with E-state index >= 15 is 0 Å². The van der Waals surface area contributed by atoms with Crippen LogP contribution in [0.1, 0.15) is 21.3 Å². The van der Waals surface area contributed by atoms with E-state index in [1.165, 1.54) is 34.8 Å². The van der Waals surface area contributed by atoms with Crippen LogP contribution in [-0.4, -0.2) is 36.1 Å². The van der Waals surface area contributed by atoms with Crippen LogP contribution in [0, 0.1) is 13.8 Å². The lowest BCUT2D eigenvalue weighted by molar-refractivity contribution is -0.117. The van der Waals surface area contributed by atoms with Crippen LogP contribution in [0.3, 0.4) is 0 Å². The number of alkyl halides is 3. The van der Waals surface area contributed by atoms with Crippen molar-refractivity contribution in [2.75, 3.05) is 5.75 Å². The number of carbonyl (C=O) groups excluding carboxylic acids is 1. The van der Waals surface area contributed by atoms with Gasteiger partial charge in [-0.05, 0) is 31.5 Å². The molecule has 0 radical (unpaired) electrons. The second-order valence-electron chi connectivity index (χ2n) is 6.68. The van der Waals surface area contributed by atoms with Gasteiger partial charge >= 0.3 is 6.18 Å². The van der Waals surface area contributed by atoms with Crippen molar-refractivity contribution in [1.29, 1.82) is 0 Å². The molecule has 5 nitrogen and oxygen atoms in total. The Hall–Kier alpha value is -2.11. The molecular weight excluding hydrogens is 457 g/mol. The summed E-state index contributed by atoms with van der Waals surface area (Å²) in [5, 5.41) is 3.47. The van der Waals surface area contributed by atoms with Gasteiger partial charge in [0.1, 0.15) is 10.8 Å². The molecule has 11 heteroatoms. The lowest BCUT2D eigenvalue weighted by atomic mass is 10.1. The zero-order valence-corrected chi connectivity index (χ0v) is 18.4. The van der Waals surface area contributed by atoms with E-state index in [1.807, 2.05) is 19.2 Å². The fourth-order valence-corrected chi connectivity index (χ4v) is 5.75. The maximum Gasteiger partial charge on any atom is 0.403 e. The van der Waals surface area contributed by atoms with Crippen LogP contribution in [0.5, 0.6) is 0 Å². The molecule has 3 aromatic rings. The molecule has 160 valence electrons. The highest BCUT2D eigenvalue weighted by Gasteiger charge is 2.35. The SMILES string of the molecule is Cc1nc(C)c(-c2csc(CC(=O)Cc3ccc(S(=O)(=O)CC(F)(F)F)cc3)n2)s1. The predicted octanol–water partition coefficient (Wildman–Crippen LogP) is 4.57. The average molecular weight is 475 g/mol. The Bertz CT molecular complexity index is 1160. The van der Waals surface area contributed by atoms with Gasteiger partial charge in [0.05, 0.1) is 32.6 Å². The summed E-state index contributed by atoms with van der Waals surface area (Å²) >= 11 is 2.91. The Morgan fingerprint density at radius 1 is 1.07 bits per heavy atom. The fourth-order valence-electron chi connectivity index (χ4n) is 2.84. The maximum absolute atomic E-state index is 12.4. The van der Waals surface area contributed by atoms with Crippen LogP contribution in [0.2, 0.25) is 0 Å². The number of carbonyl (C=O) groups is 1. The molecule has 0 unspecified atom stereocenters. The van der Waals surface area contributed by atoms with Crippen molar-refractivity contribution in [1.82, 2.24) is 9.97 Å². The van der Waals surface area contributed by atoms with Crippen LogP contribution in [0.15, 0.2) is 34.5 Å².